The van der Waals surface area contributed by atoms with E-state index < -0.39 is 0 Å². The number of anilines is 1. The molecule has 2 aliphatic rings. The first kappa shape index (κ1) is 15.6. The number of carbonyl (C=O) groups is 1. The van der Waals surface area contributed by atoms with Gasteiger partial charge in [0.25, 0.3) is 5.91 Å². The van der Waals surface area contributed by atoms with E-state index in [1.54, 1.807) is 0 Å². The molecule has 6 heteroatoms. The minimum Gasteiger partial charge on any atom is -0.363 e. The van der Waals surface area contributed by atoms with E-state index in [-0.39, 0.29) is 24.5 Å². The Kier molecular flexibility index (Phi) is 4.73. The fourth-order valence-corrected chi connectivity index (χ4v) is 2.89. The second kappa shape index (κ2) is 6.35. The number of fused-ring (bicyclic) bond motifs is 2. The van der Waals surface area contributed by atoms with Crippen LogP contribution in [0.25, 0.3) is 0 Å². The van der Waals surface area contributed by atoms with E-state index in [4.69, 9.17) is 0 Å². The lowest BCUT2D eigenvalue weighted by Gasteiger charge is -2.45. The number of nitrogens with one attached hydrogen (secondary N) is 1. The number of hydrogen-bond donors (Lipinski definition) is 1. The van der Waals surface area contributed by atoms with Crippen LogP contribution < -0.4 is 5.32 Å². The van der Waals surface area contributed by atoms with Crippen LogP contribution in [0.4, 0.5) is 5.69 Å². The summed E-state index contributed by atoms with van der Waals surface area (Å²) in [6.45, 7) is 7.20. The molecule has 0 spiro atoms. The van der Waals surface area contributed by atoms with Crippen molar-refractivity contribution < 1.29 is 4.79 Å². The molecule has 1 aromatic carbocycles. The second-order valence-corrected chi connectivity index (χ2v) is 5.07. The minimum atomic E-state index is 0. The number of para-hydroxylation sites is 1. The van der Waals surface area contributed by atoms with E-state index in [9.17, 15) is 4.79 Å². The van der Waals surface area contributed by atoms with Crippen molar-refractivity contribution >= 4 is 29.8 Å². The molecule has 0 saturated carbocycles. The van der Waals surface area contributed by atoms with Crippen LogP contribution in [0.1, 0.15) is 24.2 Å². The quantitative estimate of drug-likeness (QED) is 0.910. The molecule has 1 N–H and O–H groups in total. The number of aliphatic imine (C=N–C) groups is 1. The van der Waals surface area contributed by atoms with Gasteiger partial charge >= 0.3 is 0 Å². The van der Waals surface area contributed by atoms with Gasteiger partial charge in [0.05, 0.1) is 18.7 Å². The highest BCUT2D eigenvalue weighted by atomic mass is 35.5. The topological polar surface area (TPSA) is 47.9 Å². The number of rotatable bonds is 2. The maximum Gasteiger partial charge on any atom is 0.258 e. The van der Waals surface area contributed by atoms with Gasteiger partial charge in [-0.1, -0.05) is 12.1 Å². The van der Waals surface area contributed by atoms with Crippen LogP contribution in [-0.4, -0.2) is 53.9 Å². The predicted molar refractivity (Wildman–Crippen MR) is 87.4 cm³/mol. The number of halogens is 1. The predicted octanol–water partition coefficient (Wildman–Crippen LogP) is 2.06. The van der Waals surface area contributed by atoms with E-state index in [1.807, 2.05) is 36.1 Å². The standard InChI is InChI=1S/C15H20N4O.ClH/c1-3-16-13-10-19-14(9-18(13)4-2)17-12-8-6-5-7-11(12)15(19)20;/h5-8,14,17H,3-4,9-10H2,1-2H3;1H. The molecule has 114 valence electrons. The smallest absolute Gasteiger partial charge is 0.258 e. The highest BCUT2D eigenvalue weighted by Crippen LogP contribution is 2.27. The molecule has 1 saturated heterocycles. The van der Waals surface area contributed by atoms with E-state index in [1.165, 1.54) is 0 Å². The zero-order chi connectivity index (χ0) is 14.1. The first-order chi connectivity index (χ1) is 9.74. The molecule has 2 heterocycles. The Hall–Kier alpha value is -1.75. The number of amidine groups is 1. The number of amides is 1. The van der Waals surface area contributed by atoms with Gasteiger partial charge in [-0.25, -0.2) is 0 Å². The molecule has 21 heavy (non-hydrogen) atoms. The Morgan fingerprint density at radius 3 is 2.81 bits per heavy atom. The van der Waals surface area contributed by atoms with Gasteiger partial charge in [0.15, 0.2) is 0 Å². The lowest BCUT2D eigenvalue weighted by atomic mass is 10.1. The summed E-state index contributed by atoms with van der Waals surface area (Å²) in [5, 5.41) is 3.46. The Labute approximate surface area is 131 Å². The molecule has 0 aromatic heterocycles. The Bertz CT molecular complexity index is 560. The number of carbonyl (C=O) groups excluding carboxylic acids is 1. The summed E-state index contributed by atoms with van der Waals surface area (Å²) in [4.78, 5) is 21.3. The second-order valence-electron chi connectivity index (χ2n) is 5.07. The highest BCUT2D eigenvalue weighted by Gasteiger charge is 2.37. The Balaban J connectivity index is 0.00000161. The van der Waals surface area contributed by atoms with E-state index in [2.05, 4.69) is 22.1 Å². The van der Waals surface area contributed by atoms with Gasteiger partial charge in [-0.2, -0.15) is 0 Å². The molecular formula is C15H21ClN4O. The van der Waals surface area contributed by atoms with E-state index in [0.29, 0.717) is 6.54 Å². The van der Waals surface area contributed by atoms with Crippen molar-refractivity contribution in [3.63, 3.8) is 0 Å². The molecule has 3 rings (SSSR count). The number of benzene rings is 1. The van der Waals surface area contributed by atoms with Crippen molar-refractivity contribution in [2.24, 2.45) is 4.99 Å². The average Bonchev–Trinajstić information content (AvgIpc) is 2.48. The van der Waals surface area contributed by atoms with Gasteiger partial charge in [0.2, 0.25) is 0 Å². The molecule has 1 amide bonds. The molecule has 1 unspecified atom stereocenters. The van der Waals surface area contributed by atoms with E-state index in [0.717, 1.165) is 36.7 Å². The number of nitrogens with zero attached hydrogens (tertiary/aromatic N) is 3. The van der Waals surface area contributed by atoms with Crippen molar-refractivity contribution in [1.29, 1.82) is 0 Å². The van der Waals surface area contributed by atoms with Gasteiger partial charge in [0.1, 0.15) is 12.0 Å². The molecule has 5 nitrogen and oxygen atoms in total. The van der Waals surface area contributed by atoms with Crippen molar-refractivity contribution in [3.05, 3.63) is 29.8 Å². The fourth-order valence-electron chi connectivity index (χ4n) is 2.89. The largest absolute Gasteiger partial charge is 0.363 e. The van der Waals surface area contributed by atoms with Crippen LogP contribution in [0.15, 0.2) is 29.3 Å². The molecule has 0 radical (unpaired) electrons. The van der Waals surface area contributed by atoms with Crippen LogP contribution >= 0.6 is 12.4 Å². The van der Waals surface area contributed by atoms with Crippen LogP contribution in [0.2, 0.25) is 0 Å². The summed E-state index contributed by atoms with van der Waals surface area (Å²) in [6, 6.07) is 7.71. The maximum atomic E-state index is 12.6. The van der Waals surface area contributed by atoms with E-state index >= 15 is 0 Å². The van der Waals surface area contributed by atoms with Crippen LogP contribution in [0.3, 0.4) is 0 Å². The summed E-state index contributed by atoms with van der Waals surface area (Å²) in [5.41, 5.74) is 1.69. The number of piperazine rings is 1. The summed E-state index contributed by atoms with van der Waals surface area (Å²) in [6.07, 6.45) is 0.0353. The SMILES string of the molecule is CCN=C1CN2C(=O)c3ccccc3NC2CN1CC.Cl. The van der Waals surface area contributed by atoms with Crippen molar-refractivity contribution in [2.75, 3.05) is 31.5 Å². The molecule has 0 bridgehead atoms. The van der Waals surface area contributed by atoms with Crippen LogP contribution in [0.5, 0.6) is 0 Å². The van der Waals surface area contributed by atoms with Crippen molar-refractivity contribution in [2.45, 2.75) is 20.0 Å². The van der Waals surface area contributed by atoms with Gasteiger partial charge < -0.3 is 15.1 Å². The zero-order valence-electron chi connectivity index (χ0n) is 12.4. The third-order valence-electron chi connectivity index (χ3n) is 3.91. The van der Waals surface area contributed by atoms with Gasteiger partial charge in [-0.3, -0.25) is 9.79 Å². The first-order valence-electron chi connectivity index (χ1n) is 7.19. The molecular weight excluding hydrogens is 288 g/mol. The normalized spacial score (nSPS) is 22.3. The molecule has 1 fully saturated rings. The fraction of sp³-hybridized carbons (Fsp3) is 0.467. The summed E-state index contributed by atoms with van der Waals surface area (Å²) in [7, 11) is 0. The third-order valence-corrected chi connectivity index (χ3v) is 3.91. The van der Waals surface area contributed by atoms with Gasteiger partial charge in [-0.15, -0.1) is 12.4 Å². The Morgan fingerprint density at radius 2 is 2.10 bits per heavy atom. The molecule has 1 aromatic rings. The molecule has 2 aliphatic heterocycles. The zero-order valence-corrected chi connectivity index (χ0v) is 13.2. The summed E-state index contributed by atoms with van der Waals surface area (Å²) < 4.78 is 0. The van der Waals surface area contributed by atoms with Crippen molar-refractivity contribution in [1.82, 2.24) is 9.80 Å². The molecule has 0 aliphatic carbocycles. The summed E-state index contributed by atoms with van der Waals surface area (Å²) in [5.74, 6) is 1.12. The van der Waals surface area contributed by atoms with Crippen LogP contribution in [-0.2, 0) is 0 Å². The molecule has 1 atom stereocenters. The minimum absolute atomic E-state index is 0. The summed E-state index contributed by atoms with van der Waals surface area (Å²) >= 11 is 0. The average molecular weight is 309 g/mol. The van der Waals surface area contributed by atoms with Crippen LogP contribution in [0, 0.1) is 0 Å². The first-order valence-corrected chi connectivity index (χ1v) is 7.19. The third kappa shape index (κ3) is 2.70. The lowest BCUT2D eigenvalue weighted by molar-refractivity contribution is 0.0655. The number of hydrogen-bond acceptors (Lipinski definition) is 3. The monoisotopic (exact) mass is 308 g/mol. The Morgan fingerprint density at radius 1 is 1.33 bits per heavy atom. The van der Waals surface area contributed by atoms with Gasteiger partial charge in [0, 0.05) is 18.8 Å². The maximum absolute atomic E-state index is 12.6. The number of likely N-dealkylation sites (N-methyl/N-ethyl adjacent to an activating group) is 1. The lowest BCUT2D eigenvalue weighted by Crippen LogP contribution is -2.62. The van der Waals surface area contributed by atoms with Crippen molar-refractivity contribution in [3.8, 4) is 0 Å². The highest BCUT2D eigenvalue weighted by molar-refractivity contribution is 6.04. The van der Waals surface area contributed by atoms with Gasteiger partial charge in [-0.05, 0) is 26.0 Å².